The molecule has 0 heterocycles. The van der Waals surface area contributed by atoms with E-state index >= 15 is 0 Å². The summed E-state index contributed by atoms with van der Waals surface area (Å²) >= 11 is 0. The van der Waals surface area contributed by atoms with Crippen LogP contribution >= 0.6 is 0 Å². The monoisotopic (exact) mass is 152 g/mol. The lowest BCUT2D eigenvalue weighted by Crippen LogP contribution is -1.73. The van der Waals surface area contributed by atoms with Crippen molar-refractivity contribution in [3.8, 4) is 0 Å². The van der Waals surface area contributed by atoms with Crippen LogP contribution in [0.15, 0.2) is 23.8 Å². The van der Waals surface area contributed by atoms with Gasteiger partial charge in [-0.15, -0.1) is 0 Å². The van der Waals surface area contributed by atoms with Crippen LogP contribution < -0.4 is 0 Å². The van der Waals surface area contributed by atoms with Crippen LogP contribution in [0.1, 0.15) is 46.5 Å². The first-order valence-electron chi connectivity index (χ1n) is 4.58. The Hall–Kier alpha value is -0.520. The number of rotatable bonds is 5. The molecule has 0 aliphatic heterocycles. The maximum Gasteiger partial charge on any atom is -0.0345 e. The predicted molar refractivity (Wildman–Crippen MR) is 52.7 cm³/mol. The molecule has 0 aliphatic rings. The molecule has 0 aliphatic carbocycles. The molecule has 0 unspecified atom stereocenters. The van der Waals surface area contributed by atoms with Gasteiger partial charge in [0.15, 0.2) is 0 Å². The molecule has 0 bridgehead atoms. The van der Waals surface area contributed by atoms with Gasteiger partial charge in [0.2, 0.25) is 0 Å². The van der Waals surface area contributed by atoms with Gasteiger partial charge < -0.3 is 0 Å². The van der Waals surface area contributed by atoms with E-state index in [0.29, 0.717) is 0 Å². The third-order valence-electron chi connectivity index (χ3n) is 1.86. The summed E-state index contributed by atoms with van der Waals surface area (Å²) in [6.45, 7) is 6.49. The summed E-state index contributed by atoms with van der Waals surface area (Å²) < 4.78 is 0. The van der Waals surface area contributed by atoms with Crippen molar-refractivity contribution in [3.63, 3.8) is 0 Å². The minimum atomic E-state index is 1.20. The molecule has 64 valence electrons. The topological polar surface area (TPSA) is 0 Å². The highest BCUT2D eigenvalue weighted by Gasteiger charge is 1.83. The first-order chi connectivity index (χ1) is 5.31. The van der Waals surface area contributed by atoms with E-state index < -0.39 is 0 Å². The molecule has 0 aromatic heterocycles. The van der Waals surface area contributed by atoms with Crippen LogP contribution in [-0.2, 0) is 0 Å². The maximum atomic E-state index is 2.35. The summed E-state index contributed by atoms with van der Waals surface area (Å²) in [7, 11) is 0. The second-order valence-corrected chi connectivity index (χ2v) is 2.90. The first-order valence-corrected chi connectivity index (χ1v) is 4.58. The van der Waals surface area contributed by atoms with Gasteiger partial charge in [-0.3, -0.25) is 0 Å². The Morgan fingerprint density at radius 1 is 1.27 bits per heavy atom. The standard InChI is InChI=1S/C11H20/c1-4-6-7-8-9-10-11(3)5-2/h4,6,10H,5,7-9H2,1-3H3/b6-4+,11-10+. The van der Waals surface area contributed by atoms with Crippen LogP contribution in [0.3, 0.4) is 0 Å². The van der Waals surface area contributed by atoms with E-state index in [0.717, 1.165) is 0 Å². The van der Waals surface area contributed by atoms with E-state index in [1.165, 1.54) is 31.3 Å². The highest BCUT2D eigenvalue weighted by molar-refractivity contribution is 4.96. The number of unbranched alkanes of at least 4 members (excludes halogenated alkanes) is 2. The van der Waals surface area contributed by atoms with Crippen LogP contribution in [0, 0.1) is 0 Å². The van der Waals surface area contributed by atoms with Gasteiger partial charge in [0.1, 0.15) is 0 Å². The molecule has 0 amide bonds. The second kappa shape index (κ2) is 7.59. The molecule has 0 N–H and O–H groups in total. The Morgan fingerprint density at radius 3 is 2.55 bits per heavy atom. The van der Waals surface area contributed by atoms with Crippen molar-refractivity contribution in [2.24, 2.45) is 0 Å². The van der Waals surface area contributed by atoms with E-state index in [2.05, 4.69) is 39.0 Å². The third-order valence-corrected chi connectivity index (χ3v) is 1.86. The molecule has 0 fully saturated rings. The van der Waals surface area contributed by atoms with Gasteiger partial charge >= 0.3 is 0 Å². The molecule has 0 saturated carbocycles. The van der Waals surface area contributed by atoms with Gasteiger partial charge in [0.25, 0.3) is 0 Å². The van der Waals surface area contributed by atoms with Gasteiger partial charge in [0, 0.05) is 0 Å². The van der Waals surface area contributed by atoms with Crippen molar-refractivity contribution in [3.05, 3.63) is 23.8 Å². The Morgan fingerprint density at radius 2 is 2.00 bits per heavy atom. The summed E-state index contributed by atoms with van der Waals surface area (Å²) in [6, 6.07) is 0. The van der Waals surface area contributed by atoms with E-state index in [4.69, 9.17) is 0 Å². The molecule has 0 aromatic rings. The van der Waals surface area contributed by atoms with Crippen molar-refractivity contribution in [1.82, 2.24) is 0 Å². The van der Waals surface area contributed by atoms with Crippen LogP contribution in [0.25, 0.3) is 0 Å². The summed E-state index contributed by atoms with van der Waals surface area (Å²) in [6.07, 6.45) is 11.7. The Kier molecular flexibility index (Phi) is 7.23. The molecule has 0 radical (unpaired) electrons. The zero-order valence-electron chi connectivity index (χ0n) is 8.06. The van der Waals surface area contributed by atoms with Crippen LogP contribution in [0.5, 0.6) is 0 Å². The summed E-state index contributed by atoms with van der Waals surface area (Å²) in [5, 5.41) is 0. The van der Waals surface area contributed by atoms with Crippen LogP contribution in [-0.4, -0.2) is 0 Å². The molecule has 0 nitrogen and oxygen atoms in total. The van der Waals surface area contributed by atoms with E-state index in [-0.39, 0.29) is 0 Å². The van der Waals surface area contributed by atoms with Crippen molar-refractivity contribution in [1.29, 1.82) is 0 Å². The number of allylic oxidation sites excluding steroid dienone is 4. The molecule has 0 atom stereocenters. The molecular weight excluding hydrogens is 132 g/mol. The van der Waals surface area contributed by atoms with Gasteiger partial charge in [0.05, 0.1) is 0 Å². The number of hydrogen-bond donors (Lipinski definition) is 0. The lowest BCUT2D eigenvalue weighted by Gasteiger charge is -1.94. The van der Waals surface area contributed by atoms with Gasteiger partial charge in [-0.05, 0) is 39.5 Å². The zero-order chi connectivity index (χ0) is 8.53. The highest BCUT2D eigenvalue weighted by atomic mass is 13.9. The molecule has 0 rings (SSSR count). The quantitative estimate of drug-likeness (QED) is 0.411. The fourth-order valence-electron chi connectivity index (χ4n) is 0.895. The lowest BCUT2D eigenvalue weighted by molar-refractivity contribution is 0.856. The molecular formula is C11H20. The van der Waals surface area contributed by atoms with E-state index in [9.17, 15) is 0 Å². The average molecular weight is 152 g/mol. The molecule has 0 aromatic carbocycles. The third kappa shape index (κ3) is 7.38. The maximum absolute atomic E-state index is 2.35. The van der Waals surface area contributed by atoms with Crippen molar-refractivity contribution in [2.45, 2.75) is 46.5 Å². The SMILES string of the molecule is C/C=C/CCC/C=C(\C)CC. The summed E-state index contributed by atoms with van der Waals surface area (Å²) in [4.78, 5) is 0. The fourth-order valence-corrected chi connectivity index (χ4v) is 0.895. The second-order valence-electron chi connectivity index (χ2n) is 2.90. The van der Waals surface area contributed by atoms with Gasteiger partial charge in [-0.25, -0.2) is 0 Å². The summed E-state index contributed by atoms with van der Waals surface area (Å²) in [5.41, 5.74) is 1.52. The molecule has 11 heavy (non-hydrogen) atoms. The lowest BCUT2D eigenvalue weighted by atomic mass is 10.1. The highest BCUT2D eigenvalue weighted by Crippen LogP contribution is 2.04. The zero-order valence-corrected chi connectivity index (χ0v) is 8.06. The Labute approximate surface area is 71.0 Å². The molecule has 0 spiro atoms. The van der Waals surface area contributed by atoms with Crippen molar-refractivity contribution in [2.75, 3.05) is 0 Å². The van der Waals surface area contributed by atoms with Crippen LogP contribution in [0.2, 0.25) is 0 Å². The molecule has 0 heteroatoms. The number of hydrogen-bond acceptors (Lipinski definition) is 0. The summed E-state index contributed by atoms with van der Waals surface area (Å²) in [5.74, 6) is 0. The van der Waals surface area contributed by atoms with E-state index in [1.54, 1.807) is 0 Å². The van der Waals surface area contributed by atoms with Gasteiger partial charge in [-0.1, -0.05) is 30.7 Å². The Balaban J connectivity index is 3.26. The van der Waals surface area contributed by atoms with Crippen molar-refractivity contribution >= 4 is 0 Å². The minimum absolute atomic E-state index is 1.20. The minimum Gasteiger partial charge on any atom is -0.0917 e. The average Bonchev–Trinajstić information content (AvgIpc) is 2.04. The largest absolute Gasteiger partial charge is 0.0917 e. The van der Waals surface area contributed by atoms with Crippen molar-refractivity contribution < 1.29 is 0 Å². The van der Waals surface area contributed by atoms with Gasteiger partial charge in [-0.2, -0.15) is 0 Å². The smallest absolute Gasteiger partial charge is 0.0345 e. The fraction of sp³-hybridized carbons (Fsp3) is 0.636. The first kappa shape index (κ1) is 10.5. The Bertz CT molecular complexity index is 129. The van der Waals surface area contributed by atoms with E-state index in [1.807, 2.05) is 0 Å². The normalized spacial score (nSPS) is 12.8. The molecule has 0 saturated heterocycles. The predicted octanol–water partition coefficient (Wildman–Crippen LogP) is 4.09. The van der Waals surface area contributed by atoms with Crippen LogP contribution in [0.4, 0.5) is 0 Å².